The molecule has 1 unspecified atom stereocenters. The topological polar surface area (TPSA) is 29.9 Å². The molecule has 0 spiro atoms. The number of halogens is 2. The quantitative estimate of drug-likeness (QED) is 0.924. The summed E-state index contributed by atoms with van der Waals surface area (Å²) in [5.74, 6) is -0.242. The van der Waals surface area contributed by atoms with E-state index in [1.165, 1.54) is 25.0 Å². The normalized spacial score (nSPS) is 20.2. The second-order valence-electron chi connectivity index (χ2n) is 4.42. The van der Waals surface area contributed by atoms with Gasteiger partial charge >= 0.3 is 0 Å². The van der Waals surface area contributed by atoms with Gasteiger partial charge in [-0.05, 0) is 47.4 Å². The van der Waals surface area contributed by atoms with E-state index >= 15 is 0 Å². The average Bonchev–Trinajstić information content (AvgIpc) is 2.88. The van der Waals surface area contributed by atoms with Crippen molar-refractivity contribution in [2.24, 2.45) is 0 Å². The van der Waals surface area contributed by atoms with Crippen molar-refractivity contribution in [3.05, 3.63) is 28.7 Å². The van der Waals surface area contributed by atoms with E-state index in [9.17, 15) is 4.39 Å². The molecule has 0 amide bonds. The van der Waals surface area contributed by atoms with Crippen LogP contribution in [0.3, 0.4) is 0 Å². The van der Waals surface area contributed by atoms with Crippen LogP contribution in [0, 0.1) is 5.82 Å². The van der Waals surface area contributed by atoms with E-state index in [4.69, 9.17) is 0 Å². The van der Waals surface area contributed by atoms with Crippen molar-refractivity contribution in [1.29, 1.82) is 0 Å². The Morgan fingerprint density at radius 3 is 3.18 bits per heavy atom. The number of imidazole rings is 1. The molecule has 17 heavy (non-hydrogen) atoms. The van der Waals surface area contributed by atoms with Crippen LogP contribution in [0.25, 0.3) is 11.0 Å². The van der Waals surface area contributed by atoms with Crippen molar-refractivity contribution >= 4 is 27.0 Å². The number of fused-ring (bicyclic) bond motifs is 1. The third-order valence-corrected chi connectivity index (χ3v) is 3.83. The van der Waals surface area contributed by atoms with Gasteiger partial charge in [0.05, 0.1) is 11.0 Å². The second kappa shape index (κ2) is 4.38. The zero-order valence-corrected chi connectivity index (χ0v) is 10.9. The zero-order valence-electron chi connectivity index (χ0n) is 9.29. The molecule has 1 N–H and O–H groups in total. The first-order chi connectivity index (χ1) is 8.24. The van der Waals surface area contributed by atoms with E-state index in [0.29, 0.717) is 11.6 Å². The van der Waals surface area contributed by atoms with Gasteiger partial charge in [-0.2, -0.15) is 0 Å². The number of nitrogens with one attached hydrogen (secondary N) is 1. The highest BCUT2D eigenvalue weighted by molar-refractivity contribution is 9.10. The molecule has 2 aromatic rings. The minimum absolute atomic E-state index is 0.242. The highest BCUT2D eigenvalue weighted by Gasteiger charge is 2.17. The van der Waals surface area contributed by atoms with Crippen molar-refractivity contribution in [1.82, 2.24) is 14.9 Å². The predicted molar refractivity (Wildman–Crippen MR) is 68.4 cm³/mol. The molecule has 1 aliphatic rings. The van der Waals surface area contributed by atoms with Crippen LogP contribution in [-0.4, -0.2) is 22.1 Å². The van der Waals surface area contributed by atoms with Crippen molar-refractivity contribution in [2.75, 3.05) is 6.54 Å². The van der Waals surface area contributed by atoms with Crippen LogP contribution in [0.2, 0.25) is 0 Å². The maximum Gasteiger partial charge on any atom is 0.178 e. The lowest BCUT2D eigenvalue weighted by Crippen LogP contribution is -2.26. The summed E-state index contributed by atoms with van der Waals surface area (Å²) in [4.78, 5) is 4.33. The fourth-order valence-corrected chi connectivity index (χ4v) is 2.91. The summed E-state index contributed by atoms with van der Waals surface area (Å²) in [5, 5.41) is 3.45. The summed E-state index contributed by atoms with van der Waals surface area (Å²) in [7, 11) is 0. The molecule has 3 nitrogen and oxygen atoms in total. The summed E-state index contributed by atoms with van der Waals surface area (Å²) in [6, 6.07) is 5.24. The lowest BCUT2D eigenvalue weighted by Gasteiger charge is -2.12. The van der Waals surface area contributed by atoms with Crippen molar-refractivity contribution < 1.29 is 4.39 Å². The molecular formula is C12H13BrFN3. The third kappa shape index (κ3) is 2.09. The molecule has 1 aliphatic heterocycles. The van der Waals surface area contributed by atoms with E-state index < -0.39 is 0 Å². The van der Waals surface area contributed by atoms with Gasteiger partial charge in [-0.3, -0.25) is 0 Å². The Balaban J connectivity index is 1.99. The van der Waals surface area contributed by atoms with Gasteiger partial charge in [0.25, 0.3) is 0 Å². The van der Waals surface area contributed by atoms with Gasteiger partial charge in [-0.25, -0.2) is 9.37 Å². The van der Waals surface area contributed by atoms with Gasteiger partial charge in [0, 0.05) is 18.7 Å². The summed E-state index contributed by atoms with van der Waals surface area (Å²) in [6.45, 7) is 1.96. The van der Waals surface area contributed by atoms with Crippen molar-refractivity contribution in [3.63, 3.8) is 0 Å². The lowest BCUT2D eigenvalue weighted by molar-refractivity contribution is 0.511. The molecule has 5 heteroatoms. The van der Waals surface area contributed by atoms with E-state index in [0.717, 1.165) is 23.3 Å². The number of nitrogens with zero attached hydrogens (tertiary/aromatic N) is 2. The number of hydrogen-bond acceptors (Lipinski definition) is 2. The minimum atomic E-state index is -0.242. The van der Waals surface area contributed by atoms with Crippen LogP contribution >= 0.6 is 15.9 Å². The maximum atomic E-state index is 13.1. The summed E-state index contributed by atoms with van der Waals surface area (Å²) in [5.41, 5.74) is 1.68. The standard InChI is InChI=1S/C12H13BrFN3/c13-12-16-10-6-8(14)3-4-11(10)17(12)7-9-2-1-5-15-9/h3-4,6,9,15H,1-2,5,7H2. The van der Waals surface area contributed by atoms with Crippen LogP contribution in [0.1, 0.15) is 12.8 Å². The first kappa shape index (κ1) is 11.2. The SMILES string of the molecule is Fc1ccc2c(c1)nc(Br)n2CC1CCCN1. The van der Waals surface area contributed by atoms with E-state index in [-0.39, 0.29) is 5.82 Å². The largest absolute Gasteiger partial charge is 0.317 e. The lowest BCUT2D eigenvalue weighted by atomic mass is 10.2. The molecule has 90 valence electrons. The molecular weight excluding hydrogens is 285 g/mol. The van der Waals surface area contributed by atoms with Crippen molar-refractivity contribution in [2.45, 2.75) is 25.4 Å². The van der Waals surface area contributed by atoms with E-state index in [1.54, 1.807) is 6.07 Å². The molecule has 0 saturated carbocycles. The van der Waals surface area contributed by atoms with E-state index in [2.05, 4.69) is 30.8 Å². The number of hydrogen-bond donors (Lipinski definition) is 1. The van der Waals surface area contributed by atoms with Crippen molar-refractivity contribution in [3.8, 4) is 0 Å². The first-order valence-electron chi connectivity index (χ1n) is 5.79. The molecule has 1 atom stereocenters. The van der Waals surface area contributed by atoms with Gasteiger partial charge in [0.1, 0.15) is 5.82 Å². The number of benzene rings is 1. The smallest absolute Gasteiger partial charge is 0.178 e. The Labute approximate surface area is 107 Å². The average molecular weight is 298 g/mol. The minimum Gasteiger partial charge on any atom is -0.317 e. The fourth-order valence-electron chi connectivity index (χ4n) is 2.38. The monoisotopic (exact) mass is 297 g/mol. The Hall–Kier alpha value is -0.940. The molecule has 0 radical (unpaired) electrons. The molecule has 0 aliphatic carbocycles. The Kier molecular flexibility index (Phi) is 2.88. The number of rotatable bonds is 2. The van der Waals surface area contributed by atoms with Gasteiger partial charge in [0.2, 0.25) is 0 Å². The Bertz CT molecular complexity index is 546. The summed E-state index contributed by atoms with van der Waals surface area (Å²) in [6.07, 6.45) is 2.41. The molecule has 1 aromatic carbocycles. The molecule has 3 rings (SSSR count). The number of aromatic nitrogens is 2. The van der Waals surface area contributed by atoms with Gasteiger partial charge in [-0.15, -0.1) is 0 Å². The third-order valence-electron chi connectivity index (χ3n) is 3.23. The Morgan fingerprint density at radius 1 is 1.53 bits per heavy atom. The van der Waals surface area contributed by atoms with E-state index in [1.807, 2.05) is 0 Å². The molecule has 1 aromatic heterocycles. The van der Waals surface area contributed by atoms with Gasteiger partial charge < -0.3 is 9.88 Å². The van der Waals surface area contributed by atoms with Crippen LogP contribution in [0.15, 0.2) is 22.9 Å². The van der Waals surface area contributed by atoms with Gasteiger partial charge in [0.15, 0.2) is 4.73 Å². The summed E-state index contributed by atoms with van der Waals surface area (Å²) < 4.78 is 16.0. The maximum absolute atomic E-state index is 13.1. The molecule has 1 saturated heterocycles. The molecule has 1 fully saturated rings. The predicted octanol–water partition coefficient (Wildman–Crippen LogP) is 2.69. The highest BCUT2D eigenvalue weighted by Crippen LogP contribution is 2.22. The van der Waals surface area contributed by atoms with Crippen LogP contribution < -0.4 is 5.32 Å². The fraction of sp³-hybridized carbons (Fsp3) is 0.417. The van der Waals surface area contributed by atoms with Crippen LogP contribution in [0.4, 0.5) is 4.39 Å². The zero-order chi connectivity index (χ0) is 11.8. The molecule has 2 heterocycles. The molecule has 0 bridgehead atoms. The second-order valence-corrected chi connectivity index (χ2v) is 5.13. The summed E-state index contributed by atoms with van der Waals surface area (Å²) >= 11 is 3.44. The van der Waals surface area contributed by atoms with Crippen LogP contribution in [-0.2, 0) is 6.54 Å². The first-order valence-corrected chi connectivity index (χ1v) is 6.58. The van der Waals surface area contributed by atoms with Crippen LogP contribution in [0.5, 0.6) is 0 Å². The Morgan fingerprint density at radius 2 is 2.41 bits per heavy atom. The van der Waals surface area contributed by atoms with Gasteiger partial charge in [-0.1, -0.05) is 0 Å². The highest BCUT2D eigenvalue weighted by atomic mass is 79.9.